The summed E-state index contributed by atoms with van der Waals surface area (Å²) in [7, 11) is 0. The summed E-state index contributed by atoms with van der Waals surface area (Å²) >= 11 is 0. The molecule has 2 aromatic heterocycles. The van der Waals surface area contributed by atoms with Crippen molar-refractivity contribution in [2.24, 2.45) is 0 Å². The molecule has 0 fully saturated rings. The predicted octanol–water partition coefficient (Wildman–Crippen LogP) is 3.04. The first-order valence-corrected chi connectivity index (χ1v) is 10.4. The number of nitrogens with one attached hydrogen (secondary N) is 2. The van der Waals surface area contributed by atoms with E-state index in [1.165, 1.54) is 10.7 Å². The van der Waals surface area contributed by atoms with E-state index in [-0.39, 0.29) is 18.3 Å². The number of nitrogens with zero attached hydrogens (tertiary/aromatic N) is 2. The van der Waals surface area contributed by atoms with Gasteiger partial charge in [0.1, 0.15) is 6.04 Å². The molecule has 1 amide bonds. The predicted molar refractivity (Wildman–Crippen MR) is 120 cm³/mol. The van der Waals surface area contributed by atoms with Gasteiger partial charge in [0.2, 0.25) is 12.7 Å². The first kappa shape index (κ1) is 19.9. The van der Waals surface area contributed by atoms with E-state index in [9.17, 15) is 9.59 Å². The van der Waals surface area contributed by atoms with Crippen molar-refractivity contribution < 1.29 is 14.3 Å². The summed E-state index contributed by atoms with van der Waals surface area (Å²) in [6.45, 7) is 2.31. The van der Waals surface area contributed by atoms with Crippen molar-refractivity contribution in [1.82, 2.24) is 20.1 Å². The number of carbonyl (C=O) groups excluding carboxylic acids is 1. The van der Waals surface area contributed by atoms with E-state index in [1.54, 1.807) is 19.1 Å². The Morgan fingerprint density at radius 3 is 2.91 bits per heavy atom. The molecule has 162 valence electrons. The maximum absolute atomic E-state index is 12.7. The van der Waals surface area contributed by atoms with Gasteiger partial charge >= 0.3 is 0 Å². The van der Waals surface area contributed by atoms with Crippen molar-refractivity contribution in [3.63, 3.8) is 0 Å². The van der Waals surface area contributed by atoms with Crippen LogP contribution in [0.1, 0.15) is 18.5 Å². The third kappa shape index (κ3) is 3.71. The molecule has 1 aliphatic heterocycles. The van der Waals surface area contributed by atoms with E-state index < -0.39 is 6.04 Å². The van der Waals surface area contributed by atoms with Crippen LogP contribution in [-0.2, 0) is 11.2 Å². The number of hydrogen-bond acceptors (Lipinski definition) is 5. The largest absolute Gasteiger partial charge is 0.454 e. The third-order valence-corrected chi connectivity index (χ3v) is 5.61. The van der Waals surface area contributed by atoms with Crippen molar-refractivity contribution in [3.8, 4) is 22.8 Å². The molecule has 4 aromatic rings. The first-order valence-electron chi connectivity index (χ1n) is 10.4. The Kier molecular flexibility index (Phi) is 5.10. The van der Waals surface area contributed by atoms with Gasteiger partial charge in [0.15, 0.2) is 11.5 Å². The van der Waals surface area contributed by atoms with Crippen molar-refractivity contribution in [2.45, 2.75) is 19.4 Å². The molecule has 5 rings (SSSR count). The Bertz CT molecular complexity index is 1360. The first-order chi connectivity index (χ1) is 15.6. The average molecular weight is 430 g/mol. The molecular formula is C24H22N4O4. The zero-order valence-electron chi connectivity index (χ0n) is 17.5. The Labute approximate surface area is 183 Å². The maximum atomic E-state index is 12.7. The molecule has 0 bridgehead atoms. The number of rotatable bonds is 6. The zero-order chi connectivity index (χ0) is 22.1. The van der Waals surface area contributed by atoms with Crippen LogP contribution in [0, 0.1) is 0 Å². The molecule has 3 heterocycles. The number of fused-ring (bicyclic) bond motifs is 2. The molecule has 32 heavy (non-hydrogen) atoms. The van der Waals surface area contributed by atoms with Crippen LogP contribution >= 0.6 is 0 Å². The number of ether oxygens (including phenoxy) is 2. The molecule has 0 saturated carbocycles. The van der Waals surface area contributed by atoms with Gasteiger partial charge in [-0.15, -0.1) is 0 Å². The highest BCUT2D eigenvalue weighted by Crippen LogP contribution is 2.35. The Hall–Kier alpha value is -4.07. The summed E-state index contributed by atoms with van der Waals surface area (Å²) in [6, 6.07) is 15.8. The molecule has 8 nitrogen and oxygen atoms in total. The summed E-state index contributed by atoms with van der Waals surface area (Å²) < 4.78 is 12.0. The minimum absolute atomic E-state index is 0.182. The number of carbonyl (C=O) groups is 1. The van der Waals surface area contributed by atoms with E-state index in [4.69, 9.17) is 9.47 Å². The van der Waals surface area contributed by atoms with Crippen molar-refractivity contribution >= 4 is 16.8 Å². The van der Waals surface area contributed by atoms with Crippen molar-refractivity contribution in [2.75, 3.05) is 13.3 Å². The summed E-state index contributed by atoms with van der Waals surface area (Å²) in [6.07, 6.45) is 2.64. The number of amides is 1. The third-order valence-electron chi connectivity index (χ3n) is 5.61. The van der Waals surface area contributed by atoms with Gasteiger partial charge in [-0.1, -0.05) is 18.2 Å². The van der Waals surface area contributed by atoms with Gasteiger partial charge < -0.3 is 19.8 Å². The molecule has 0 radical (unpaired) electrons. The minimum Gasteiger partial charge on any atom is -0.454 e. The fourth-order valence-electron chi connectivity index (χ4n) is 3.83. The summed E-state index contributed by atoms with van der Waals surface area (Å²) in [5, 5.41) is 8.49. The van der Waals surface area contributed by atoms with Gasteiger partial charge in [0, 0.05) is 35.3 Å². The molecule has 2 aromatic carbocycles. The van der Waals surface area contributed by atoms with Gasteiger partial charge in [0.05, 0.1) is 5.69 Å². The molecule has 2 N–H and O–H groups in total. The highest BCUT2D eigenvalue weighted by atomic mass is 16.7. The fourth-order valence-corrected chi connectivity index (χ4v) is 3.83. The van der Waals surface area contributed by atoms with Gasteiger partial charge in [-0.25, -0.2) is 4.68 Å². The highest BCUT2D eigenvalue weighted by molar-refractivity contribution is 5.83. The van der Waals surface area contributed by atoms with Crippen LogP contribution in [0.25, 0.3) is 22.2 Å². The normalized spacial score (nSPS) is 13.3. The minimum atomic E-state index is -0.751. The molecule has 0 spiro atoms. The fraction of sp³-hybridized carbons (Fsp3) is 0.208. The molecule has 1 unspecified atom stereocenters. The van der Waals surface area contributed by atoms with Gasteiger partial charge in [-0.05, 0) is 49.2 Å². The quantitative estimate of drug-likeness (QED) is 0.490. The lowest BCUT2D eigenvalue weighted by atomic mass is 10.1. The van der Waals surface area contributed by atoms with E-state index in [2.05, 4.69) is 21.5 Å². The lowest BCUT2D eigenvalue weighted by Crippen LogP contribution is -2.37. The Morgan fingerprint density at radius 1 is 1.16 bits per heavy atom. The van der Waals surface area contributed by atoms with Gasteiger partial charge in [-0.3, -0.25) is 9.59 Å². The lowest BCUT2D eigenvalue weighted by Gasteiger charge is -2.15. The summed E-state index contributed by atoms with van der Waals surface area (Å²) in [5.41, 5.74) is 3.21. The summed E-state index contributed by atoms with van der Waals surface area (Å²) in [5.74, 6) is 1.04. The number of hydrogen-bond donors (Lipinski definition) is 2. The van der Waals surface area contributed by atoms with E-state index >= 15 is 0 Å². The van der Waals surface area contributed by atoms with Crippen molar-refractivity contribution in [1.29, 1.82) is 0 Å². The SMILES string of the molecule is CC(C(=O)NCCc1c[nH]c2ccccc12)n1nc(-c2ccc3c(c2)OCO3)ccc1=O. The van der Waals surface area contributed by atoms with E-state index in [0.717, 1.165) is 22.0 Å². The van der Waals surface area contributed by atoms with E-state index in [0.29, 0.717) is 30.2 Å². The second-order valence-electron chi connectivity index (χ2n) is 7.65. The van der Waals surface area contributed by atoms with Crippen LogP contribution in [-0.4, -0.2) is 34.0 Å². The molecule has 1 atom stereocenters. The van der Waals surface area contributed by atoms with Gasteiger partial charge in [-0.2, -0.15) is 5.10 Å². The van der Waals surface area contributed by atoms with Crippen LogP contribution in [0.4, 0.5) is 0 Å². The number of aromatic amines is 1. The summed E-state index contributed by atoms with van der Waals surface area (Å²) in [4.78, 5) is 28.4. The Balaban J connectivity index is 1.29. The Morgan fingerprint density at radius 2 is 2.00 bits per heavy atom. The lowest BCUT2D eigenvalue weighted by molar-refractivity contribution is -0.124. The van der Waals surface area contributed by atoms with Crippen LogP contribution in [0.15, 0.2) is 65.6 Å². The average Bonchev–Trinajstić information content (AvgIpc) is 3.45. The number of aromatic nitrogens is 3. The van der Waals surface area contributed by atoms with E-state index in [1.807, 2.05) is 36.5 Å². The molecule has 0 saturated heterocycles. The highest BCUT2D eigenvalue weighted by Gasteiger charge is 2.19. The van der Waals surface area contributed by atoms with Crippen LogP contribution < -0.4 is 20.3 Å². The maximum Gasteiger partial charge on any atom is 0.267 e. The van der Waals surface area contributed by atoms with Crippen LogP contribution in [0.5, 0.6) is 11.5 Å². The molecule has 8 heteroatoms. The second kappa shape index (κ2) is 8.22. The molecule has 1 aliphatic rings. The standard InChI is InChI=1S/C24H22N4O4/c1-15(24(30)25-11-10-17-13-26-20-5-3-2-4-18(17)20)28-23(29)9-7-19(27-28)16-6-8-21-22(12-16)32-14-31-21/h2-9,12-13,15,26H,10-11,14H2,1H3,(H,25,30). The van der Waals surface area contributed by atoms with Crippen LogP contribution in [0.2, 0.25) is 0 Å². The monoisotopic (exact) mass is 430 g/mol. The topological polar surface area (TPSA) is 98.2 Å². The zero-order valence-corrected chi connectivity index (χ0v) is 17.5. The molecule has 0 aliphatic carbocycles. The number of para-hydroxylation sites is 1. The smallest absolute Gasteiger partial charge is 0.267 e. The number of H-pyrrole nitrogens is 1. The van der Waals surface area contributed by atoms with Gasteiger partial charge in [0.25, 0.3) is 5.56 Å². The van der Waals surface area contributed by atoms with Crippen molar-refractivity contribution in [3.05, 3.63) is 76.7 Å². The number of benzene rings is 2. The van der Waals surface area contributed by atoms with Crippen LogP contribution in [0.3, 0.4) is 0 Å². The molecular weight excluding hydrogens is 408 g/mol. The second-order valence-corrected chi connectivity index (χ2v) is 7.65.